The van der Waals surface area contributed by atoms with E-state index in [-0.39, 0.29) is 4.90 Å². The molecule has 2 aliphatic carbocycles. The molecule has 3 N–H and O–H groups in total. The molecule has 3 rings (SSSR count). The van der Waals surface area contributed by atoms with Crippen LogP contribution in [0.2, 0.25) is 5.02 Å². The Hall–Kier alpha value is -0.880. The number of hydrogen-bond acceptors (Lipinski definition) is 2. The second-order valence-corrected chi connectivity index (χ2v) is 8.41. The molecule has 0 aliphatic heterocycles. The van der Waals surface area contributed by atoms with Crippen LogP contribution in [0.5, 0.6) is 0 Å². The Morgan fingerprint density at radius 3 is 2.59 bits per heavy atom. The van der Waals surface area contributed by atoms with Gasteiger partial charge in [-0.1, -0.05) is 23.8 Å². The Morgan fingerprint density at radius 1 is 1.18 bits per heavy atom. The molecule has 1 fully saturated rings. The summed E-state index contributed by atoms with van der Waals surface area (Å²) < 4.78 is 26.8. The lowest BCUT2D eigenvalue weighted by molar-refractivity contribution is -0.659. The predicted molar refractivity (Wildman–Crippen MR) is 87.1 cm³/mol. The summed E-state index contributed by atoms with van der Waals surface area (Å²) >= 11 is 5.77. The number of benzene rings is 1. The summed E-state index contributed by atoms with van der Waals surface area (Å²) in [4.78, 5) is 0.259. The summed E-state index contributed by atoms with van der Waals surface area (Å²) in [5.41, 5.74) is 0. The fourth-order valence-corrected chi connectivity index (χ4v) is 4.66. The zero-order valence-corrected chi connectivity index (χ0v) is 14.0. The molecular formula is C16H22ClN2O2S+. The van der Waals surface area contributed by atoms with Gasteiger partial charge >= 0.3 is 0 Å². The molecule has 4 nitrogen and oxygen atoms in total. The summed E-state index contributed by atoms with van der Waals surface area (Å²) in [6.07, 6.45) is 7.33. The lowest BCUT2D eigenvalue weighted by Crippen LogP contribution is -2.87. The van der Waals surface area contributed by atoms with Gasteiger partial charge in [0.15, 0.2) is 0 Å². The van der Waals surface area contributed by atoms with Crippen molar-refractivity contribution in [1.29, 1.82) is 0 Å². The largest absolute Gasteiger partial charge is 0.345 e. The van der Waals surface area contributed by atoms with Gasteiger partial charge in [-0.05, 0) is 48.9 Å². The number of fused-ring (bicyclic) bond motifs is 2. The van der Waals surface area contributed by atoms with Gasteiger partial charge in [0.25, 0.3) is 0 Å². The Kier molecular flexibility index (Phi) is 4.88. The van der Waals surface area contributed by atoms with Crippen LogP contribution < -0.4 is 10.0 Å². The van der Waals surface area contributed by atoms with Crippen LogP contribution >= 0.6 is 11.6 Å². The fourth-order valence-electron chi connectivity index (χ4n) is 3.49. The number of nitrogens with two attached hydrogens (primary N) is 1. The molecule has 6 heteroatoms. The number of nitrogens with one attached hydrogen (secondary N) is 1. The van der Waals surface area contributed by atoms with Crippen LogP contribution in [0.25, 0.3) is 0 Å². The first kappa shape index (κ1) is 16.0. The van der Waals surface area contributed by atoms with Gasteiger partial charge in [-0.25, -0.2) is 13.1 Å². The quantitative estimate of drug-likeness (QED) is 0.581. The molecule has 2 bridgehead atoms. The Bertz CT molecular complexity index is 643. The SMILES string of the molecule is O=S(=O)(NCC[NH2+]C[C@H]1C[C@@H]2C=C[C@H]1C2)c1ccc(Cl)cc1. The number of rotatable bonds is 7. The van der Waals surface area contributed by atoms with Crippen molar-refractivity contribution >= 4 is 21.6 Å². The molecule has 0 unspecified atom stereocenters. The average molecular weight is 342 g/mol. The number of sulfonamides is 1. The van der Waals surface area contributed by atoms with Gasteiger partial charge < -0.3 is 5.32 Å². The normalized spacial score (nSPS) is 26.7. The van der Waals surface area contributed by atoms with Crippen molar-refractivity contribution in [3.8, 4) is 0 Å². The fraction of sp³-hybridized carbons (Fsp3) is 0.500. The van der Waals surface area contributed by atoms with Crippen molar-refractivity contribution in [2.75, 3.05) is 19.6 Å². The maximum Gasteiger partial charge on any atom is 0.240 e. The smallest absolute Gasteiger partial charge is 0.240 e. The van der Waals surface area contributed by atoms with E-state index in [9.17, 15) is 8.42 Å². The van der Waals surface area contributed by atoms with Gasteiger partial charge in [0.05, 0.1) is 24.5 Å². The lowest BCUT2D eigenvalue weighted by Gasteiger charge is -2.16. The molecule has 1 aromatic carbocycles. The molecule has 0 saturated heterocycles. The van der Waals surface area contributed by atoms with E-state index < -0.39 is 10.0 Å². The van der Waals surface area contributed by atoms with E-state index >= 15 is 0 Å². The highest BCUT2D eigenvalue weighted by atomic mass is 35.5. The van der Waals surface area contributed by atoms with E-state index in [4.69, 9.17) is 11.6 Å². The van der Waals surface area contributed by atoms with Crippen molar-refractivity contribution in [2.24, 2.45) is 17.8 Å². The Balaban J connectivity index is 1.39. The highest BCUT2D eigenvalue weighted by Gasteiger charge is 2.36. The summed E-state index contributed by atoms with van der Waals surface area (Å²) in [7, 11) is -3.42. The molecule has 3 atom stereocenters. The van der Waals surface area contributed by atoms with Gasteiger partial charge in [0.2, 0.25) is 10.0 Å². The monoisotopic (exact) mass is 341 g/mol. The van der Waals surface area contributed by atoms with Gasteiger partial charge in [0, 0.05) is 10.9 Å². The molecule has 1 saturated carbocycles. The van der Waals surface area contributed by atoms with E-state index in [1.807, 2.05) is 0 Å². The van der Waals surface area contributed by atoms with Gasteiger partial charge in [-0.15, -0.1) is 0 Å². The minimum Gasteiger partial charge on any atom is -0.345 e. The first-order chi connectivity index (χ1) is 10.5. The standard InChI is InChI=1S/C16H21ClN2O2S/c17-15-3-5-16(6-4-15)22(20,21)19-8-7-18-11-14-10-12-1-2-13(14)9-12/h1-6,12-14,18-19H,7-11H2/p+1/t12-,13+,14-/m1/s1. The number of quaternary nitrogens is 1. The first-order valence-corrected chi connectivity index (χ1v) is 9.66. The van der Waals surface area contributed by atoms with Crippen LogP contribution in [0.4, 0.5) is 0 Å². The third-order valence-corrected chi connectivity index (χ3v) is 6.38. The average Bonchev–Trinajstić information content (AvgIpc) is 3.10. The molecule has 120 valence electrons. The van der Waals surface area contributed by atoms with Crippen LogP contribution in [-0.4, -0.2) is 28.1 Å². The second-order valence-electron chi connectivity index (χ2n) is 6.21. The predicted octanol–water partition coefficient (Wildman–Crippen LogP) is 1.39. The Labute approximate surface area is 137 Å². The van der Waals surface area contributed by atoms with Crippen molar-refractivity contribution < 1.29 is 13.7 Å². The molecular weight excluding hydrogens is 320 g/mol. The van der Waals surface area contributed by atoms with Crippen LogP contribution in [0.3, 0.4) is 0 Å². The van der Waals surface area contributed by atoms with E-state index in [0.29, 0.717) is 11.6 Å². The molecule has 1 aromatic rings. The summed E-state index contributed by atoms with van der Waals surface area (Å²) in [5.74, 6) is 2.32. The second kappa shape index (κ2) is 6.71. The van der Waals surface area contributed by atoms with Crippen LogP contribution in [0.15, 0.2) is 41.3 Å². The third kappa shape index (κ3) is 3.71. The van der Waals surface area contributed by atoms with Crippen LogP contribution in [0.1, 0.15) is 12.8 Å². The van der Waals surface area contributed by atoms with E-state index in [1.54, 1.807) is 12.1 Å². The topological polar surface area (TPSA) is 62.8 Å². The van der Waals surface area contributed by atoms with E-state index in [2.05, 4.69) is 22.2 Å². The van der Waals surface area contributed by atoms with Gasteiger partial charge in [-0.2, -0.15) is 0 Å². The number of allylic oxidation sites excluding steroid dienone is 2. The zero-order chi connectivity index (χ0) is 15.6. The van der Waals surface area contributed by atoms with E-state index in [0.717, 1.165) is 30.8 Å². The molecule has 22 heavy (non-hydrogen) atoms. The van der Waals surface area contributed by atoms with Crippen molar-refractivity contribution in [3.63, 3.8) is 0 Å². The van der Waals surface area contributed by atoms with Gasteiger partial charge in [0.1, 0.15) is 0 Å². The van der Waals surface area contributed by atoms with Crippen molar-refractivity contribution in [3.05, 3.63) is 41.4 Å². The maximum atomic E-state index is 12.1. The van der Waals surface area contributed by atoms with Crippen molar-refractivity contribution in [2.45, 2.75) is 17.7 Å². The summed E-state index contributed by atoms with van der Waals surface area (Å²) in [5, 5.41) is 2.76. The summed E-state index contributed by atoms with van der Waals surface area (Å²) in [6.45, 7) is 2.31. The minimum atomic E-state index is -3.42. The maximum absolute atomic E-state index is 12.1. The first-order valence-electron chi connectivity index (χ1n) is 7.80. The number of halogens is 1. The Morgan fingerprint density at radius 2 is 1.95 bits per heavy atom. The molecule has 0 spiro atoms. The molecule has 0 heterocycles. The zero-order valence-electron chi connectivity index (χ0n) is 12.4. The third-order valence-electron chi connectivity index (χ3n) is 4.65. The molecule has 0 aromatic heterocycles. The van der Waals surface area contributed by atoms with Crippen molar-refractivity contribution in [1.82, 2.24) is 4.72 Å². The highest BCUT2D eigenvalue weighted by molar-refractivity contribution is 7.89. The minimum absolute atomic E-state index is 0.259. The van der Waals surface area contributed by atoms with Gasteiger partial charge in [-0.3, -0.25) is 0 Å². The van der Waals surface area contributed by atoms with E-state index in [1.165, 1.54) is 25.0 Å². The van der Waals surface area contributed by atoms with Crippen LogP contribution in [0, 0.1) is 17.8 Å². The summed E-state index contributed by atoms with van der Waals surface area (Å²) in [6, 6.07) is 6.22. The highest BCUT2D eigenvalue weighted by Crippen LogP contribution is 2.42. The lowest BCUT2D eigenvalue weighted by atomic mass is 9.94. The molecule has 0 radical (unpaired) electrons. The number of hydrogen-bond donors (Lipinski definition) is 2. The van der Waals surface area contributed by atoms with Crippen LogP contribution in [-0.2, 0) is 10.0 Å². The molecule has 2 aliphatic rings. The molecule has 0 amide bonds.